The van der Waals surface area contributed by atoms with Crippen molar-refractivity contribution in [2.75, 3.05) is 20.3 Å². The Balaban J connectivity index is 1.80. The van der Waals surface area contributed by atoms with Crippen molar-refractivity contribution in [2.24, 2.45) is 0 Å². The Morgan fingerprint density at radius 2 is 2.00 bits per heavy atom. The number of unbranched alkanes of at least 4 members (excludes halogenated alkanes) is 1. The van der Waals surface area contributed by atoms with Gasteiger partial charge < -0.3 is 18.9 Å². The Bertz CT molecular complexity index is 432. The minimum atomic E-state index is -0.148. The quantitative estimate of drug-likeness (QED) is 0.656. The van der Waals surface area contributed by atoms with Crippen LogP contribution in [0.1, 0.15) is 25.3 Å². The van der Waals surface area contributed by atoms with E-state index in [1.54, 1.807) is 13.4 Å². The summed E-state index contributed by atoms with van der Waals surface area (Å²) in [6.45, 7) is 3.94. The van der Waals surface area contributed by atoms with E-state index in [1.807, 2.05) is 36.4 Å². The molecule has 0 amide bonds. The van der Waals surface area contributed by atoms with Crippen LogP contribution in [0, 0.1) is 0 Å². The molecule has 3 atom stereocenters. The summed E-state index contributed by atoms with van der Waals surface area (Å²) in [5.74, 6) is 0. The minimum Gasteiger partial charge on any atom is -0.493 e. The highest BCUT2D eigenvalue weighted by Crippen LogP contribution is 2.19. The number of ether oxygens (including phenoxy) is 4. The molecule has 0 aliphatic carbocycles. The van der Waals surface area contributed by atoms with Crippen LogP contribution >= 0.6 is 0 Å². The highest BCUT2D eigenvalue weighted by atomic mass is 16.6. The highest BCUT2D eigenvalue weighted by Gasteiger charge is 2.33. The maximum absolute atomic E-state index is 5.87. The van der Waals surface area contributed by atoms with E-state index in [2.05, 4.69) is 6.92 Å². The molecule has 1 heterocycles. The predicted molar refractivity (Wildman–Crippen MR) is 85.6 cm³/mol. The molecule has 0 fully saturated rings. The van der Waals surface area contributed by atoms with E-state index in [0.29, 0.717) is 13.2 Å². The van der Waals surface area contributed by atoms with Gasteiger partial charge in [-0.2, -0.15) is 0 Å². The second-order valence-electron chi connectivity index (χ2n) is 5.39. The fraction of sp³-hybridized carbons (Fsp3) is 0.556. The molecule has 0 radical (unpaired) electrons. The van der Waals surface area contributed by atoms with Gasteiger partial charge in [0.05, 0.1) is 19.5 Å². The minimum absolute atomic E-state index is 0.0735. The first kappa shape index (κ1) is 17.0. The lowest BCUT2D eigenvalue weighted by molar-refractivity contribution is -0.127. The Labute approximate surface area is 133 Å². The molecule has 0 saturated heterocycles. The van der Waals surface area contributed by atoms with Gasteiger partial charge in [-0.1, -0.05) is 43.7 Å². The third kappa shape index (κ3) is 5.13. The van der Waals surface area contributed by atoms with Crippen LogP contribution in [0.5, 0.6) is 0 Å². The molecule has 1 aromatic carbocycles. The van der Waals surface area contributed by atoms with E-state index in [4.69, 9.17) is 18.9 Å². The van der Waals surface area contributed by atoms with Gasteiger partial charge in [0.15, 0.2) is 0 Å². The van der Waals surface area contributed by atoms with Gasteiger partial charge >= 0.3 is 0 Å². The van der Waals surface area contributed by atoms with E-state index in [-0.39, 0.29) is 18.3 Å². The third-order valence-corrected chi connectivity index (χ3v) is 3.69. The zero-order valence-corrected chi connectivity index (χ0v) is 13.4. The average molecular weight is 306 g/mol. The second-order valence-corrected chi connectivity index (χ2v) is 5.39. The van der Waals surface area contributed by atoms with Crippen LogP contribution in [-0.2, 0) is 25.6 Å². The summed E-state index contributed by atoms with van der Waals surface area (Å²) in [4.78, 5) is 0. The van der Waals surface area contributed by atoms with Crippen LogP contribution in [0.4, 0.5) is 0 Å². The summed E-state index contributed by atoms with van der Waals surface area (Å²) in [5.41, 5.74) is 1.15. The van der Waals surface area contributed by atoms with Crippen molar-refractivity contribution in [1.82, 2.24) is 0 Å². The molecule has 1 unspecified atom stereocenters. The molecule has 0 aromatic heterocycles. The number of methoxy groups -OCH3 is 1. The van der Waals surface area contributed by atoms with E-state index in [9.17, 15) is 0 Å². The molecule has 0 spiro atoms. The number of benzene rings is 1. The Kier molecular flexibility index (Phi) is 7.43. The lowest BCUT2D eigenvalue weighted by Gasteiger charge is -2.33. The highest BCUT2D eigenvalue weighted by molar-refractivity contribution is 5.13. The largest absolute Gasteiger partial charge is 0.493 e. The van der Waals surface area contributed by atoms with E-state index in [0.717, 1.165) is 25.0 Å². The maximum Gasteiger partial charge on any atom is 0.150 e. The van der Waals surface area contributed by atoms with Gasteiger partial charge in [0.2, 0.25) is 0 Å². The number of hydrogen-bond donors (Lipinski definition) is 0. The summed E-state index contributed by atoms with van der Waals surface area (Å²) in [7, 11) is 1.69. The van der Waals surface area contributed by atoms with Crippen LogP contribution in [-0.4, -0.2) is 38.6 Å². The molecular formula is C18H26O4. The Morgan fingerprint density at radius 1 is 1.18 bits per heavy atom. The van der Waals surface area contributed by atoms with Gasteiger partial charge in [-0.05, 0) is 18.1 Å². The fourth-order valence-electron chi connectivity index (χ4n) is 2.42. The zero-order valence-electron chi connectivity index (χ0n) is 13.4. The van der Waals surface area contributed by atoms with Gasteiger partial charge in [0, 0.05) is 13.7 Å². The second kappa shape index (κ2) is 9.62. The van der Waals surface area contributed by atoms with Crippen molar-refractivity contribution < 1.29 is 18.9 Å². The van der Waals surface area contributed by atoms with Gasteiger partial charge in [-0.15, -0.1) is 0 Å². The Morgan fingerprint density at radius 3 is 2.73 bits per heavy atom. The first-order valence-corrected chi connectivity index (χ1v) is 7.93. The summed E-state index contributed by atoms with van der Waals surface area (Å²) in [6.07, 6.45) is 5.42. The maximum atomic E-state index is 5.87. The van der Waals surface area contributed by atoms with Gasteiger partial charge in [0.1, 0.15) is 18.3 Å². The SMILES string of the molecule is CCCCO[C@@H]1C=COC(COCc2ccccc2)[C@H]1OC. The molecule has 4 heteroatoms. The average Bonchev–Trinajstić information content (AvgIpc) is 2.56. The van der Waals surface area contributed by atoms with Crippen molar-refractivity contribution in [3.63, 3.8) is 0 Å². The van der Waals surface area contributed by atoms with Crippen LogP contribution in [0.3, 0.4) is 0 Å². The first-order chi connectivity index (χ1) is 10.8. The lowest BCUT2D eigenvalue weighted by Crippen LogP contribution is -2.45. The molecule has 0 saturated carbocycles. The third-order valence-electron chi connectivity index (χ3n) is 3.69. The Hall–Kier alpha value is -1.36. The molecule has 1 aliphatic heterocycles. The fourth-order valence-corrected chi connectivity index (χ4v) is 2.42. The normalized spacial score (nSPS) is 24.2. The smallest absolute Gasteiger partial charge is 0.150 e. The molecule has 122 valence electrons. The molecule has 22 heavy (non-hydrogen) atoms. The van der Waals surface area contributed by atoms with Crippen molar-refractivity contribution in [3.8, 4) is 0 Å². The number of hydrogen-bond acceptors (Lipinski definition) is 4. The van der Waals surface area contributed by atoms with Crippen molar-refractivity contribution >= 4 is 0 Å². The monoisotopic (exact) mass is 306 g/mol. The van der Waals surface area contributed by atoms with Crippen LogP contribution in [0.15, 0.2) is 42.7 Å². The zero-order chi connectivity index (χ0) is 15.6. The van der Waals surface area contributed by atoms with E-state index in [1.165, 1.54) is 0 Å². The topological polar surface area (TPSA) is 36.9 Å². The summed E-state index contributed by atoms with van der Waals surface area (Å²) in [5, 5.41) is 0. The van der Waals surface area contributed by atoms with Gasteiger partial charge in [-0.3, -0.25) is 0 Å². The van der Waals surface area contributed by atoms with Crippen molar-refractivity contribution in [3.05, 3.63) is 48.2 Å². The first-order valence-electron chi connectivity index (χ1n) is 7.93. The molecule has 1 aromatic rings. The molecular weight excluding hydrogens is 280 g/mol. The molecule has 0 bridgehead atoms. The van der Waals surface area contributed by atoms with Crippen LogP contribution in [0.2, 0.25) is 0 Å². The van der Waals surface area contributed by atoms with E-state index >= 15 is 0 Å². The van der Waals surface area contributed by atoms with Crippen LogP contribution < -0.4 is 0 Å². The lowest BCUT2D eigenvalue weighted by atomic mass is 10.1. The summed E-state index contributed by atoms with van der Waals surface area (Å²) >= 11 is 0. The van der Waals surface area contributed by atoms with Gasteiger partial charge in [-0.25, -0.2) is 0 Å². The number of rotatable bonds is 9. The van der Waals surface area contributed by atoms with E-state index < -0.39 is 0 Å². The van der Waals surface area contributed by atoms with Crippen molar-refractivity contribution in [1.29, 1.82) is 0 Å². The van der Waals surface area contributed by atoms with Crippen molar-refractivity contribution in [2.45, 2.75) is 44.7 Å². The van der Waals surface area contributed by atoms with Crippen LogP contribution in [0.25, 0.3) is 0 Å². The summed E-state index contributed by atoms with van der Waals surface area (Å²) in [6, 6.07) is 10.1. The molecule has 0 N–H and O–H groups in total. The molecule has 2 rings (SSSR count). The molecule has 4 nitrogen and oxygen atoms in total. The standard InChI is InChI=1S/C18H26O4/c1-3-4-11-21-16-10-12-22-17(18(16)19-2)14-20-13-15-8-6-5-7-9-15/h5-10,12,16-18H,3-4,11,13-14H2,1-2H3/t16-,17?,18+/m1/s1. The predicted octanol–water partition coefficient (Wildman–Crippen LogP) is 3.32. The summed E-state index contributed by atoms with van der Waals surface area (Å²) < 4.78 is 22.9. The van der Waals surface area contributed by atoms with Gasteiger partial charge in [0.25, 0.3) is 0 Å². The molecule has 1 aliphatic rings.